The molecule has 0 unspecified atom stereocenters. The van der Waals surface area contributed by atoms with E-state index in [1.165, 1.54) is 0 Å². The Morgan fingerprint density at radius 2 is 2.00 bits per heavy atom. The second-order valence-electron chi connectivity index (χ2n) is 4.80. The van der Waals surface area contributed by atoms with E-state index in [9.17, 15) is 9.59 Å². The summed E-state index contributed by atoms with van der Waals surface area (Å²) in [6, 6.07) is -0.0349. The summed E-state index contributed by atoms with van der Waals surface area (Å²) in [5.41, 5.74) is 1.48. The number of nitrogens with zero attached hydrogens (tertiary/aromatic N) is 2. The summed E-state index contributed by atoms with van der Waals surface area (Å²) in [5.74, 6) is -0.380. The van der Waals surface area contributed by atoms with E-state index in [1.54, 1.807) is 18.7 Å². The number of carboxylic acids is 1. The van der Waals surface area contributed by atoms with Crippen LogP contribution in [0.15, 0.2) is 4.52 Å². The Kier molecular flexibility index (Phi) is 5.09. The largest absolute Gasteiger partial charge is 0.481 e. The minimum Gasteiger partial charge on any atom is -0.481 e. The first-order valence-electron chi connectivity index (χ1n) is 6.26. The third-order valence-electron chi connectivity index (χ3n) is 3.02. The van der Waals surface area contributed by atoms with Crippen LogP contribution in [0.4, 0.5) is 0 Å². The number of carbonyl (C=O) groups is 2. The quantitative estimate of drug-likeness (QED) is 0.846. The maximum absolute atomic E-state index is 12.2. The maximum Gasteiger partial charge on any atom is 0.305 e. The molecular weight excluding hydrogens is 248 g/mol. The van der Waals surface area contributed by atoms with Crippen LogP contribution in [-0.4, -0.2) is 39.6 Å². The average Bonchev–Trinajstić information content (AvgIpc) is 2.60. The van der Waals surface area contributed by atoms with Gasteiger partial charge in [-0.15, -0.1) is 0 Å². The summed E-state index contributed by atoms with van der Waals surface area (Å²) in [4.78, 5) is 24.4. The number of amides is 1. The van der Waals surface area contributed by atoms with Crippen LogP contribution < -0.4 is 0 Å². The average molecular weight is 268 g/mol. The van der Waals surface area contributed by atoms with Crippen molar-refractivity contribution in [2.24, 2.45) is 0 Å². The minimum atomic E-state index is -0.907. The molecule has 0 atom stereocenters. The van der Waals surface area contributed by atoms with Crippen LogP contribution in [0.3, 0.4) is 0 Å². The Bertz CT molecular complexity index is 446. The Labute approximate surface area is 112 Å². The summed E-state index contributed by atoms with van der Waals surface area (Å²) < 4.78 is 5.02. The highest BCUT2D eigenvalue weighted by molar-refractivity contribution is 5.80. The first-order valence-corrected chi connectivity index (χ1v) is 6.26. The predicted molar refractivity (Wildman–Crippen MR) is 68.8 cm³/mol. The van der Waals surface area contributed by atoms with E-state index in [4.69, 9.17) is 9.63 Å². The smallest absolute Gasteiger partial charge is 0.305 e. The number of rotatable bonds is 6. The lowest BCUT2D eigenvalue weighted by Crippen LogP contribution is -2.39. The van der Waals surface area contributed by atoms with Gasteiger partial charge in [0.25, 0.3) is 0 Å². The standard InChI is InChI=1S/C13H20N2O4/c1-8(2)15(6-5-13(17)18)12(16)7-11-9(3)14-19-10(11)4/h8H,5-7H2,1-4H3,(H,17,18). The maximum atomic E-state index is 12.2. The van der Waals surface area contributed by atoms with Crippen LogP contribution in [0.5, 0.6) is 0 Å². The van der Waals surface area contributed by atoms with Gasteiger partial charge in [-0.05, 0) is 27.7 Å². The van der Waals surface area contributed by atoms with Gasteiger partial charge in [0, 0.05) is 18.2 Å². The highest BCUT2D eigenvalue weighted by atomic mass is 16.5. The fourth-order valence-corrected chi connectivity index (χ4v) is 1.89. The van der Waals surface area contributed by atoms with Crippen molar-refractivity contribution in [3.8, 4) is 0 Å². The van der Waals surface area contributed by atoms with E-state index in [2.05, 4.69) is 5.16 Å². The molecule has 0 aliphatic rings. The van der Waals surface area contributed by atoms with Crippen molar-refractivity contribution in [3.63, 3.8) is 0 Å². The first-order chi connectivity index (χ1) is 8.82. The molecule has 0 aliphatic heterocycles. The van der Waals surface area contributed by atoms with Crippen molar-refractivity contribution in [2.45, 2.75) is 46.6 Å². The Morgan fingerprint density at radius 3 is 2.42 bits per heavy atom. The van der Waals surface area contributed by atoms with Gasteiger partial charge in [0.1, 0.15) is 5.76 Å². The Balaban J connectivity index is 2.75. The van der Waals surface area contributed by atoms with Gasteiger partial charge in [-0.2, -0.15) is 0 Å². The molecule has 0 aromatic carbocycles. The van der Waals surface area contributed by atoms with Gasteiger partial charge >= 0.3 is 5.97 Å². The fourth-order valence-electron chi connectivity index (χ4n) is 1.89. The number of hydrogen-bond acceptors (Lipinski definition) is 4. The molecule has 19 heavy (non-hydrogen) atoms. The van der Waals surface area contributed by atoms with Gasteiger partial charge in [0.05, 0.1) is 18.5 Å². The molecular formula is C13H20N2O4. The zero-order valence-corrected chi connectivity index (χ0v) is 11.8. The number of aryl methyl sites for hydroxylation is 2. The van der Waals surface area contributed by atoms with E-state index in [-0.39, 0.29) is 31.3 Å². The molecule has 106 valence electrons. The van der Waals surface area contributed by atoms with Crippen LogP contribution in [0.25, 0.3) is 0 Å². The molecule has 0 saturated carbocycles. The van der Waals surface area contributed by atoms with Crippen LogP contribution in [0, 0.1) is 13.8 Å². The molecule has 0 saturated heterocycles. The monoisotopic (exact) mass is 268 g/mol. The van der Waals surface area contributed by atoms with E-state index < -0.39 is 5.97 Å². The molecule has 0 spiro atoms. The summed E-state index contributed by atoms with van der Waals surface area (Å²) in [6.45, 7) is 7.50. The molecule has 1 aromatic rings. The summed E-state index contributed by atoms with van der Waals surface area (Å²) in [7, 11) is 0. The predicted octanol–water partition coefficient (Wildman–Crippen LogP) is 1.55. The van der Waals surface area contributed by atoms with Crippen molar-refractivity contribution < 1.29 is 19.2 Å². The number of carbonyl (C=O) groups excluding carboxylic acids is 1. The molecule has 0 aliphatic carbocycles. The molecule has 1 aromatic heterocycles. The van der Waals surface area contributed by atoms with Gasteiger partial charge < -0.3 is 14.5 Å². The van der Waals surface area contributed by atoms with Crippen molar-refractivity contribution >= 4 is 11.9 Å². The van der Waals surface area contributed by atoms with Gasteiger partial charge in [0.15, 0.2) is 0 Å². The third-order valence-corrected chi connectivity index (χ3v) is 3.02. The highest BCUT2D eigenvalue weighted by Gasteiger charge is 2.21. The molecule has 1 rings (SSSR count). The zero-order valence-electron chi connectivity index (χ0n) is 11.8. The Hall–Kier alpha value is -1.85. The molecule has 1 heterocycles. The summed E-state index contributed by atoms with van der Waals surface area (Å²) >= 11 is 0. The lowest BCUT2D eigenvalue weighted by atomic mass is 10.1. The zero-order chi connectivity index (χ0) is 14.6. The summed E-state index contributed by atoms with van der Waals surface area (Å²) in [6.07, 6.45) is 0.143. The van der Waals surface area contributed by atoms with Crippen LogP contribution in [0.1, 0.15) is 37.3 Å². The number of carboxylic acid groups (broad SMARTS) is 1. The van der Waals surface area contributed by atoms with Gasteiger partial charge in [0.2, 0.25) is 5.91 Å². The Morgan fingerprint density at radius 1 is 1.37 bits per heavy atom. The first kappa shape index (κ1) is 15.2. The van der Waals surface area contributed by atoms with Gasteiger partial charge in [-0.1, -0.05) is 5.16 Å². The van der Waals surface area contributed by atoms with E-state index >= 15 is 0 Å². The topological polar surface area (TPSA) is 83.6 Å². The normalized spacial score (nSPS) is 10.8. The molecule has 0 bridgehead atoms. The number of aromatic nitrogens is 1. The van der Waals surface area contributed by atoms with Crippen molar-refractivity contribution in [3.05, 3.63) is 17.0 Å². The van der Waals surface area contributed by atoms with Crippen molar-refractivity contribution in [1.82, 2.24) is 10.1 Å². The van der Waals surface area contributed by atoms with E-state index in [0.717, 1.165) is 5.56 Å². The number of hydrogen-bond donors (Lipinski definition) is 1. The van der Waals surface area contributed by atoms with Crippen LogP contribution >= 0.6 is 0 Å². The second-order valence-corrected chi connectivity index (χ2v) is 4.80. The van der Waals surface area contributed by atoms with Gasteiger partial charge in [-0.3, -0.25) is 9.59 Å². The molecule has 0 radical (unpaired) electrons. The van der Waals surface area contributed by atoms with E-state index in [0.29, 0.717) is 11.5 Å². The van der Waals surface area contributed by atoms with Crippen molar-refractivity contribution in [2.75, 3.05) is 6.54 Å². The third kappa shape index (κ3) is 4.08. The molecule has 6 heteroatoms. The lowest BCUT2D eigenvalue weighted by molar-refractivity contribution is -0.139. The minimum absolute atomic E-state index is 0.0349. The van der Waals surface area contributed by atoms with Gasteiger partial charge in [-0.25, -0.2) is 0 Å². The van der Waals surface area contributed by atoms with Crippen LogP contribution in [0.2, 0.25) is 0 Å². The molecule has 6 nitrogen and oxygen atoms in total. The van der Waals surface area contributed by atoms with Crippen molar-refractivity contribution in [1.29, 1.82) is 0 Å². The molecule has 1 N–H and O–H groups in total. The molecule has 1 amide bonds. The number of aliphatic carboxylic acids is 1. The summed E-state index contributed by atoms with van der Waals surface area (Å²) in [5, 5.41) is 12.5. The molecule has 0 fully saturated rings. The highest BCUT2D eigenvalue weighted by Crippen LogP contribution is 2.15. The second kappa shape index (κ2) is 6.36. The van der Waals surface area contributed by atoms with E-state index in [1.807, 2.05) is 13.8 Å². The fraction of sp³-hybridized carbons (Fsp3) is 0.615. The lowest BCUT2D eigenvalue weighted by Gasteiger charge is -2.26. The SMILES string of the molecule is Cc1noc(C)c1CC(=O)N(CCC(=O)O)C(C)C. The van der Waals surface area contributed by atoms with Crippen LogP contribution in [-0.2, 0) is 16.0 Å².